The molecule has 0 bridgehead atoms. The maximum Gasteiger partial charge on any atom is 0.222 e. The second-order valence-corrected chi connectivity index (χ2v) is 9.95. The van der Waals surface area contributed by atoms with Crippen LogP contribution in [0.15, 0.2) is 17.4 Å². The van der Waals surface area contributed by atoms with Crippen molar-refractivity contribution < 1.29 is 4.74 Å². The Morgan fingerprint density at radius 2 is 1.84 bits per heavy atom. The van der Waals surface area contributed by atoms with E-state index in [-0.39, 0.29) is 0 Å². The zero-order chi connectivity index (χ0) is 26.8. The second kappa shape index (κ2) is 14.2. The first-order chi connectivity index (χ1) is 17.9. The zero-order valence-electron chi connectivity index (χ0n) is 23.4. The van der Waals surface area contributed by atoms with Gasteiger partial charge in [0.2, 0.25) is 5.95 Å². The summed E-state index contributed by atoms with van der Waals surface area (Å²) in [6.07, 6.45) is 6.02. The lowest BCUT2D eigenvalue weighted by molar-refractivity contribution is 0.122. The van der Waals surface area contributed by atoms with E-state index in [2.05, 4.69) is 81.9 Å². The van der Waals surface area contributed by atoms with Crippen molar-refractivity contribution in [1.29, 1.82) is 0 Å². The lowest BCUT2D eigenvalue weighted by Crippen LogP contribution is -2.38. The topological polar surface area (TPSA) is 107 Å². The Kier molecular flexibility index (Phi) is 11.0. The molecular formula is C26H44N10O. The van der Waals surface area contributed by atoms with Crippen LogP contribution in [-0.2, 0) is 4.74 Å². The van der Waals surface area contributed by atoms with Gasteiger partial charge >= 0.3 is 0 Å². The van der Waals surface area contributed by atoms with E-state index in [1.165, 1.54) is 12.8 Å². The van der Waals surface area contributed by atoms with Crippen LogP contribution in [0.4, 0.5) is 23.3 Å². The number of nitrogens with one attached hydrogen (secondary N) is 2. The molecule has 1 saturated carbocycles. The van der Waals surface area contributed by atoms with Crippen LogP contribution >= 0.6 is 0 Å². The fraction of sp³-hybridized carbons (Fsp3) is 0.654. The summed E-state index contributed by atoms with van der Waals surface area (Å²) in [5, 5.41) is 6.15. The van der Waals surface area contributed by atoms with E-state index < -0.39 is 0 Å². The monoisotopic (exact) mass is 512 g/mol. The van der Waals surface area contributed by atoms with Gasteiger partial charge in [-0.05, 0) is 46.1 Å². The average Bonchev–Trinajstić information content (AvgIpc) is 3.72. The van der Waals surface area contributed by atoms with Crippen molar-refractivity contribution in [3.05, 3.63) is 12.4 Å². The molecule has 1 aliphatic carbocycles. The molecule has 1 saturated heterocycles. The Hall–Kier alpha value is -2.89. The predicted molar refractivity (Wildman–Crippen MR) is 152 cm³/mol. The first-order valence-electron chi connectivity index (χ1n) is 13.2. The molecule has 11 heteroatoms. The minimum atomic E-state index is 0.560. The quantitative estimate of drug-likeness (QED) is 0.345. The molecule has 0 atom stereocenters. The Labute approximate surface area is 221 Å². The Balaban J connectivity index is 0.000000568. The van der Waals surface area contributed by atoms with Gasteiger partial charge in [-0.1, -0.05) is 20.8 Å². The second-order valence-electron chi connectivity index (χ2n) is 9.95. The van der Waals surface area contributed by atoms with Crippen molar-refractivity contribution in [1.82, 2.24) is 30.2 Å². The fourth-order valence-electron chi connectivity index (χ4n) is 4.06. The van der Waals surface area contributed by atoms with Gasteiger partial charge in [0, 0.05) is 45.1 Å². The summed E-state index contributed by atoms with van der Waals surface area (Å²) in [5.74, 6) is 3.44. The van der Waals surface area contributed by atoms with E-state index in [1.807, 2.05) is 0 Å². The Bertz CT molecular complexity index is 968. The van der Waals surface area contributed by atoms with Gasteiger partial charge in [-0.15, -0.1) is 0 Å². The normalized spacial score (nSPS) is 15.4. The molecule has 4 rings (SSSR count). The highest BCUT2D eigenvalue weighted by Gasteiger charge is 2.29. The van der Waals surface area contributed by atoms with Gasteiger partial charge < -0.3 is 25.2 Å². The summed E-state index contributed by atoms with van der Waals surface area (Å²) in [6.45, 7) is 15.9. The van der Waals surface area contributed by atoms with E-state index >= 15 is 0 Å². The van der Waals surface area contributed by atoms with Gasteiger partial charge in [-0.3, -0.25) is 9.89 Å². The van der Waals surface area contributed by atoms with Crippen molar-refractivity contribution in [2.24, 2.45) is 10.9 Å². The minimum absolute atomic E-state index is 0.560. The summed E-state index contributed by atoms with van der Waals surface area (Å²) >= 11 is 0. The first kappa shape index (κ1) is 28.7. The van der Waals surface area contributed by atoms with Crippen LogP contribution in [0.25, 0.3) is 11.4 Å². The highest BCUT2D eigenvalue weighted by Crippen LogP contribution is 2.40. The zero-order valence-corrected chi connectivity index (χ0v) is 23.4. The minimum Gasteiger partial charge on any atom is -0.378 e. The fourth-order valence-corrected chi connectivity index (χ4v) is 4.06. The molecule has 3 heterocycles. The molecule has 2 aromatic rings. The predicted octanol–water partition coefficient (Wildman–Crippen LogP) is 2.88. The first-order valence-corrected chi connectivity index (χ1v) is 13.2. The number of aromatic nitrogens is 4. The summed E-state index contributed by atoms with van der Waals surface area (Å²) in [5.41, 5.74) is 1.49. The summed E-state index contributed by atoms with van der Waals surface area (Å²) in [4.78, 5) is 29.6. The van der Waals surface area contributed by atoms with Crippen molar-refractivity contribution in [2.75, 3.05) is 82.3 Å². The maximum atomic E-state index is 5.55. The molecule has 2 N–H and O–H groups in total. The van der Waals surface area contributed by atoms with Crippen LogP contribution in [0, 0.1) is 5.92 Å². The molecule has 0 radical (unpaired) electrons. The molecule has 37 heavy (non-hydrogen) atoms. The Morgan fingerprint density at radius 3 is 2.32 bits per heavy atom. The van der Waals surface area contributed by atoms with Gasteiger partial charge in [0.05, 0.1) is 25.4 Å². The largest absolute Gasteiger partial charge is 0.378 e. The third-order valence-corrected chi connectivity index (χ3v) is 5.99. The van der Waals surface area contributed by atoms with Crippen LogP contribution in [0.3, 0.4) is 0 Å². The lowest BCUT2D eigenvalue weighted by atomic mass is 10.2. The number of nitrogens with zero attached hydrogens (tertiary/aromatic N) is 8. The molecular weight excluding hydrogens is 468 g/mol. The molecule has 0 unspecified atom stereocenters. The molecule has 0 amide bonds. The van der Waals surface area contributed by atoms with E-state index in [9.17, 15) is 0 Å². The standard InChI is InChI=1S/C21H31N9O.C5H13N/c1-22-17-19(29-7-9-31-10-8-29)26-18(16-11-24-21(23-2)25-12-16)27-20(17)30(14-28(3)4)13-15-5-6-15;1-4-6-5(2)3/h11-12,15H,1,5-10,13-14H2,2-4H3,(H,23,24,25);5-6H,4H2,1-3H3. The van der Waals surface area contributed by atoms with Crippen LogP contribution in [-0.4, -0.2) is 105 Å². The number of rotatable bonds is 11. The third-order valence-electron chi connectivity index (χ3n) is 5.99. The van der Waals surface area contributed by atoms with Crippen LogP contribution in [0.1, 0.15) is 33.6 Å². The van der Waals surface area contributed by atoms with Gasteiger partial charge in [0.25, 0.3) is 0 Å². The van der Waals surface area contributed by atoms with Crippen molar-refractivity contribution in [3.63, 3.8) is 0 Å². The number of aliphatic imine (C=N–C) groups is 1. The van der Waals surface area contributed by atoms with E-state index in [1.54, 1.807) is 19.4 Å². The number of ether oxygens (including phenoxy) is 1. The molecule has 0 aromatic carbocycles. The van der Waals surface area contributed by atoms with Crippen LogP contribution in [0.5, 0.6) is 0 Å². The van der Waals surface area contributed by atoms with Crippen molar-refractivity contribution in [2.45, 2.75) is 39.7 Å². The molecule has 2 aliphatic rings. The summed E-state index contributed by atoms with van der Waals surface area (Å²) < 4.78 is 5.55. The number of morpholine rings is 1. The number of hydrogen-bond donors (Lipinski definition) is 2. The van der Waals surface area contributed by atoms with Gasteiger partial charge in [-0.2, -0.15) is 0 Å². The van der Waals surface area contributed by atoms with Gasteiger partial charge in [0.15, 0.2) is 17.5 Å². The van der Waals surface area contributed by atoms with Crippen molar-refractivity contribution >= 4 is 30.0 Å². The van der Waals surface area contributed by atoms with Crippen LogP contribution in [0.2, 0.25) is 0 Å². The highest BCUT2D eigenvalue weighted by molar-refractivity contribution is 5.80. The molecule has 2 fully saturated rings. The summed E-state index contributed by atoms with van der Waals surface area (Å²) in [7, 11) is 5.92. The molecule has 1 aliphatic heterocycles. The molecule has 204 valence electrons. The lowest BCUT2D eigenvalue weighted by Gasteiger charge is -2.32. The molecule has 11 nitrogen and oxygen atoms in total. The summed E-state index contributed by atoms with van der Waals surface area (Å²) in [6, 6.07) is 0.648. The van der Waals surface area contributed by atoms with E-state index in [4.69, 9.17) is 14.7 Å². The van der Waals surface area contributed by atoms with Gasteiger partial charge in [-0.25, -0.2) is 19.9 Å². The number of hydrogen-bond acceptors (Lipinski definition) is 11. The Morgan fingerprint density at radius 1 is 1.16 bits per heavy atom. The molecule has 0 spiro atoms. The van der Waals surface area contributed by atoms with Crippen molar-refractivity contribution in [3.8, 4) is 11.4 Å². The maximum absolute atomic E-state index is 5.55. The number of anilines is 3. The van der Waals surface area contributed by atoms with Crippen LogP contribution < -0.4 is 20.4 Å². The van der Waals surface area contributed by atoms with Gasteiger partial charge in [0.1, 0.15) is 5.69 Å². The van der Waals surface area contributed by atoms with E-state index in [0.717, 1.165) is 55.7 Å². The SMILES string of the molecule is C=Nc1c(N2CCOCC2)nc(-c2cnc(NC)nc2)nc1N(CC1CC1)CN(C)C.CCNC(C)C. The smallest absolute Gasteiger partial charge is 0.222 e. The third kappa shape index (κ3) is 8.58. The average molecular weight is 513 g/mol. The highest BCUT2D eigenvalue weighted by atomic mass is 16.5. The molecule has 2 aromatic heterocycles. The van der Waals surface area contributed by atoms with E-state index in [0.29, 0.717) is 36.9 Å².